The summed E-state index contributed by atoms with van der Waals surface area (Å²) in [4.78, 5) is 17.9. The molecule has 30 heavy (non-hydrogen) atoms. The zero-order chi connectivity index (χ0) is 21.8. The maximum atomic E-state index is 13.2. The Kier molecular flexibility index (Phi) is 6.72. The van der Waals surface area contributed by atoms with E-state index in [1.807, 2.05) is 26.0 Å². The van der Waals surface area contributed by atoms with Gasteiger partial charge in [0.1, 0.15) is 5.82 Å². The number of ether oxygens (including phenoxy) is 1. The van der Waals surface area contributed by atoms with Crippen molar-refractivity contribution in [2.24, 2.45) is 5.10 Å². The van der Waals surface area contributed by atoms with Gasteiger partial charge in [0.25, 0.3) is 5.56 Å². The molecule has 1 heterocycles. The van der Waals surface area contributed by atoms with Crippen LogP contribution in [0.3, 0.4) is 0 Å². The molecule has 0 radical (unpaired) electrons. The van der Waals surface area contributed by atoms with Crippen LogP contribution in [-0.2, 0) is 6.42 Å². The molecule has 0 aliphatic carbocycles. The largest absolute Gasteiger partial charge is 0.504 e. The maximum Gasteiger partial charge on any atom is 0.282 e. The number of fused-ring (bicyclic) bond motifs is 1. The van der Waals surface area contributed by atoms with Gasteiger partial charge in [-0.25, -0.2) is 4.98 Å². The minimum atomic E-state index is -0.232. The van der Waals surface area contributed by atoms with E-state index in [0.29, 0.717) is 40.0 Å². The summed E-state index contributed by atoms with van der Waals surface area (Å²) in [6.07, 6.45) is 4.58. The summed E-state index contributed by atoms with van der Waals surface area (Å²) in [7, 11) is 1.49. The predicted molar refractivity (Wildman–Crippen MR) is 124 cm³/mol. The second-order valence-electron chi connectivity index (χ2n) is 7.03. The molecule has 1 aromatic heterocycles. The normalized spacial score (nSPS) is 12.4. The fraction of sp³-hybridized carbons (Fsp3) is 0.261. The van der Waals surface area contributed by atoms with E-state index in [1.165, 1.54) is 11.8 Å². The summed E-state index contributed by atoms with van der Waals surface area (Å²) in [6.45, 7) is 7.78. The Morgan fingerprint density at radius 3 is 2.80 bits per heavy atom. The maximum absolute atomic E-state index is 13.2. The number of hydrogen-bond donors (Lipinski definition) is 1. The van der Waals surface area contributed by atoms with Gasteiger partial charge in [0.2, 0.25) is 0 Å². The lowest BCUT2D eigenvalue weighted by Gasteiger charge is -2.14. The number of methoxy groups -OCH3 is 1. The first-order valence-electron chi connectivity index (χ1n) is 9.66. The van der Waals surface area contributed by atoms with Crippen LogP contribution < -0.4 is 10.3 Å². The van der Waals surface area contributed by atoms with Crippen molar-refractivity contribution in [1.82, 2.24) is 9.66 Å². The van der Waals surface area contributed by atoms with Crippen molar-refractivity contribution >= 4 is 33.0 Å². The number of aromatic nitrogens is 2. The molecule has 0 aliphatic rings. The van der Waals surface area contributed by atoms with E-state index < -0.39 is 0 Å². The van der Waals surface area contributed by atoms with E-state index in [2.05, 4.69) is 27.6 Å². The number of benzene rings is 2. The Morgan fingerprint density at radius 2 is 2.13 bits per heavy atom. The van der Waals surface area contributed by atoms with E-state index in [9.17, 15) is 9.90 Å². The molecule has 0 saturated carbocycles. The molecule has 7 heteroatoms. The van der Waals surface area contributed by atoms with Gasteiger partial charge in [0.05, 0.1) is 24.2 Å². The molecule has 1 atom stereocenters. The fourth-order valence-corrected chi connectivity index (χ4v) is 3.49. The van der Waals surface area contributed by atoms with Gasteiger partial charge in [0, 0.05) is 16.0 Å². The van der Waals surface area contributed by atoms with Gasteiger partial charge in [-0.05, 0) is 48.7 Å². The number of aromatic hydroxyl groups is 1. The molecule has 6 nitrogen and oxygen atoms in total. The smallest absolute Gasteiger partial charge is 0.282 e. The molecule has 3 rings (SSSR count). The molecule has 0 amide bonds. The lowest BCUT2D eigenvalue weighted by Crippen LogP contribution is -2.23. The van der Waals surface area contributed by atoms with E-state index >= 15 is 0 Å². The Balaban J connectivity index is 2.18. The lowest BCUT2D eigenvalue weighted by atomic mass is 10.1. The van der Waals surface area contributed by atoms with E-state index in [4.69, 9.17) is 9.72 Å². The first-order chi connectivity index (χ1) is 14.4. The predicted octanol–water partition coefficient (Wildman–Crippen LogP) is 5.00. The van der Waals surface area contributed by atoms with Crippen molar-refractivity contribution in [3.8, 4) is 11.5 Å². The molecule has 1 N–H and O–H groups in total. The van der Waals surface area contributed by atoms with Crippen LogP contribution in [0.25, 0.3) is 10.9 Å². The molecule has 0 bridgehead atoms. The van der Waals surface area contributed by atoms with Gasteiger partial charge in [-0.2, -0.15) is 9.78 Å². The molecule has 0 spiro atoms. The summed E-state index contributed by atoms with van der Waals surface area (Å²) in [6, 6.07) is 8.91. The topological polar surface area (TPSA) is 76.7 Å². The van der Waals surface area contributed by atoms with Crippen LogP contribution in [0.5, 0.6) is 11.5 Å². The molecule has 3 aromatic rings. The summed E-state index contributed by atoms with van der Waals surface area (Å²) in [5, 5.41) is 15.2. The van der Waals surface area contributed by atoms with E-state index in [0.717, 1.165) is 10.9 Å². The van der Waals surface area contributed by atoms with Gasteiger partial charge >= 0.3 is 0 Å². The monoisotopic (exact) mass is 469 g/mol. The van der Waals surface area contributed by atoms with Crippen molar-refractivity contribution in [3.05, 3.63) is 74.8 Å². The number of phenols is 1. The third kappa shape index (κ3) is 4.31. The number of halogens is 1. The third-order valence-corrected chi connectivity index (χ3v) is 5.46. The molecule has 2 aromatic carbocycles. The van der Waals surface area contributed by atoms with Gasteiger partial charge in [-0.15, -0.1) is 6.58 Å². The second kappa shape index (κ2) is 9.26. The van der Waals surface area contributed by atoms with E-state index in [1.54, 1.807) is 30.5 Å². The highest BCUT2D eigenvalue weighted by molar-refractivity contribution is 9.10. The molecule has 156 valence electrons. The Bertz CT molecular complexity index is 1180. The highest BCUT2D eigenvalue weighted by Crippen LogP contribution is 2.31. The van der Waals surface area contributed by atoms with Crippen LogP contribution in [0.15, 0.2) is 57.4 Å². The van der Waals surface area contributed by atoms with Crippen LogP contribution in [0, 0.1) is 0 Å². The number of allylic oxidation sites excluding steroid dienone is 1. The first-order valence-corrected chi connectivity index (χ1v) is 10.5. The van der Waals surface area contributed by atoms with Crippen LogP contribution in [0.2, 0.25) is 0 Å². The fourth-order valence-electron chi connectivity index (χ4n) is 3.13. The van der Waals surface area contributed by atoms with Crippen molar-refractivity contribution in [1.29, 1.82) is 0 Å². The van der Waals surface area contributed by atoms with E-state index in [-0.39, 0.29) is 17.2 Å². The summed E-state index contributed by atoms with van der Waals surface area (Å²) in [5.41, 5.74) is 1.77. The number of rotatable bonds is 7. The minimum Gasteiger partial charge on any atom is -0.504 e. The standard InChI is InChI=1S/C23H24BrN3O3/c1-5-7-16-10-15(11-20(30-4)21(16)28)13-25-27-22(14(3)6-2)26-19-9-8-17(24)12-18(19)23(27)29/h5,8-14,28H,1,6-7H2,2-4H3/t14-/m0/s1. The van der Waals surface area contributed by atoms with Crippen LogP contribution in [0.1, 0.15) is 43.1 Å². The zero-order valence-electron chi connectivity index (χ0n) is 17.2. The summed E-state index contributed by atoms with van der Waals surface area (Å²) in [5.74, 6) is 1.06. The highest BCUT2D eigenvalue weighted by Gasteiger charge is 2.16. The quantitative estimate of drug-likeness (QED) is 0.390. The van der Waals surface area contributed by atoms with Crippen LogP contribution >= 0.6 is 15.9 Å². The summed E-state index contributed by atoms with van der Waals surface area (Å²) >= 11 is 3.41. The SMILES string of the molecule is C=CCc1cc(C=Nn2c([C@@H](C)CC)nc3ccc(Br)cc3c2=O)cc(OC)c1O. The first kappa shape index (κ1) is 21.8. The van der Waals surface area contributed by atoms with Crippen LogP contribution in [-0.4, -0.2) is 28.1 Å². The van der Waals surface area contributed by atoms with Gasteiger partial charge < -0.3 is 9.84 Å². The molecule has 0 unspecified atom stereocenters. The number of phenolic OH excluding ortho intramolecular Hbond substituents is 1. The molecule has 0 saturated heterocycles. The Labute approximate surface area is 183 Å². The lowest BCUT2D eigenvalue weighted by molar-refractivity contribution is 0.371. The highest BCUT2D eigenvalue weighted by atomic mass is 79.9. The Morgan fingerprint density at radius 1 is 1.37 bits per heavy atom. The van der Waals surface area contributed by atoms with Crippen molar-refractivity contribution in [3.63, 3.8) is 0 Å². The van der Waals surface area contributed by atoms with Crippen molar-refractivity contribution in [2.45, 2.75) is 32.6 Å². The molecular formula is C23H24BrN3O3. The minimum absolute atomic E-state index is 0.0496. The Hall–Kier alpha value is -2.93. The average Bonchev–Trinajstić information content (AvgIpc) is 2.74. The number of hydrogen-bond acceptors (Lipinski definition) is 5. The summed E-state index contributed by atoms with van der Waals surface area (Å²) < 4.78 is 7.43. The second-order valence-corrected chi connectivity index (χ2v) is 7.94. The van der Waals surface area contributed by atoms with Gasteiger partial charge in [-0.3, -0.25) is 4.79 Å². The molecule has 0 aliphatic heterocycles. The average molecular weight is 470 g/mol. The van der Waals surface area contributed by atoms with Gasteiger partial charge in [0.15, 0.2) is 11.5 Å². The number of nitrogens with zero attached hydrogens (tertiary/aromatic N) is 3. The van der Waals surface area contributed by atoms with Crippen LogP contribution in [0.4, 0.5) is 0 Å². The van der Waals surface area contributed by atoms with Crippen molar-refractivity contribution < 1.29 is 9.84 Å². The third-order valence-electron chi connectivity index (χ3n) is 4.97. The van der Waals surface area contributed by atoms with Crippen molar-refractivity contribution in [2.75, 3.05) is 7.11 Å². The zero-order valence-corrected chi connectivity index (χ0v) is 18.8. The van der Waals surface area contributed by atoms with Gasteiger partial charge in [-0.1, -0.05) is 35.9 Å². The molecular weight excluding hydrogens is 446 g/mol. The molecule has 0 fully saturated rings.